The Bertz CT molecular complexity index is 1240. The normalized spacial score (nSPS) is 14.8. The molecule has 0 atom stereocenters. The number of fused-ring (bicyclic) bond motifs is 2. The third-order valence-electron chi connectivity index (χ3n) is 5.83. The van der Waals surface area contributed by atoms with Gasteiger partial charge in [0.2, 0.25) is 0 Å². The third kappa shape index (κ3) is 3.96. The van der Waals surface area contributed by atoms with E-state index in [4.69, 9.17) is 4.98 Å². The van der Waals surface area contributed by atoms with E-state index in [1.54, 1.807) is 12.1 Å². The zero-order valence-corrected chi connectivity index (χ0v) is 17.3. The number of anilines is 2. The standard InChI is InChI=1S/C24H24FN5O/c1-14-2-5-19(25)18-13-21(30-23(14)18)24(31)28-17-4-6-20-15(12-17)3-7-22(29-20)27-16-8-10-26-11-9-16/h2-7,12-13,16,26,30H,8-11H2,1H3,(H,27,29)(H,28,31). The van der Waals surface area contributed by atoms with Gasteiger partial charge in [-0.25, -0.2) is 9.37 Å². The molecule has 3 heterocycles. The highest BCUT2D eigenvalue weighted by Gasteiger charge is 2.15. The highest BCUT2D eigenvalue weighted by Crippen LogP contribution is 2.24. The monoisotopic (exact) mass is 417 g/mol. The number of benzene rings is 2. The number of aryl methyl sites for hydroxylation is 1. The summed E-state index contributed by atoms with van der Waals surface area (Å²) < 4.78 is 14.1. The molecule has 2 aromatic heterocycles. The number of piperidine rings is 1. The molecule has 0 saturated carbocycles. The van der Waals surface area contributed by atoms with Gasteiger partial charge in [0.05, 0.1) is 11.0 Å². The first kappa shape index (κ1) is 19.5. The minimum absolute atomic E-state index is 0.313. The van der Waals surface area contributed by atoms with Crippen LogP contribution in [-0.4, -0.2) is 35.0 Å². The van der Waals surface area contributed by atoms with E-state index in [9.17, 15) is 9.18 Å². The molecule has 0 radical (unpaired) electrons. The Balaban J connectivity index is 1.34. The lowest BCUT2D eigenvalue weighted by atomic mass is 10.1. The number of carbonyl (C=O) groups is 1. The van der Waals surface area contributed by atoms with Crippen molar-refractivity contribution in [3.8, 4) is 0 Å². The number of aromatic nitrogens is 2. The zero-order chi connectivity index (χ0) is 21.4. The van der Waals surface area contributed by atoms with Crippen LogP contribution in [0.1, 0.15) is 28.9 Å². The summed E-state index contributed by atoms with van der Waals surface area (Å²) in [5, 5.41) is 11.1. The topological polar surface area (TPSA) is 81.8 Å². The molecule has 0 unspecified atom stereocenters. The van der Waals surface area contributed by atoms with Crippen LogP contribution in [-0.2, 0) is 0 Å². The number of aromatic amines is 1. The lowest BCUT2D eigenvalue weighted by molar-refractivity contribution is 0.102. The third-order valence-corrected chi connectivity index (χ3v) is 5.83. The van der Waals surface area contributed by atoms with E-state index in [1.807, 2.05) is 37.3 Å². The number of halogens is 1. The Labute approximate surface area is 179 Å². The lowest BCUT2D eigenvalue weighted by Crippen LogP contribution is -2.35. The molecule has 1 aliphatic rings. The summed E-state index contributed by atoms with van der Waals surface area (Å²) in [5.41, 5.74) is 3.38. The number of hydrogen-bond acceptors (Lipinski definition) is 4. The number of rotatable bonds is 4. The Hall–Kier alpha value is -3.45. The molecule has 5 rings (SSSR count). The Morgan fingerprint density at radius 1 is 1.10 bits per heavy atom. The summed E-state index contributed by atoms with van der Waals surface area (Å²) in [6.45, 7) is 3.93. The van der Waals surface area contributed by atoms with Crippen LogP contribution in [0.3, 0.4) is 0 Å². The minimum atomic E-state index is -0.346. The van der Waals surface area contributed by atoms with Gasteiger partial charge in [-0.3, -0.25) is 4.79 Å². The van der Waals surface area contributed by atoms with Crippen molar-refractivity contribution in [2.75, 3.05) is 23.7 Å². The highest BCUT2D eigenvalue weighted by molar-refractivity contribution is 6.07. The Morgan fingerprint density at radius 3 is 2.74 bits per heavy atom. The molecule has 0 aliphatic carbocycles. The number of pyridine rings is 1. The first-order valence-corrected chi connectivity index (χ1v) is 10.5. The second kappa shape index (κ2) is 8.00. The quantitative estimate of drug-likeness (QED) is 0.392. The van der Waals surface area contributed by atoms with E-state index in [-0.39, 0.29) is 11.7 Å². The molecule has 31 heavy (non-hydrogen) atoms. The molecule has 7 heteroatoms. The van der Waals surface area contributed by atoms with E-state index in [2.05, 4.69) is 20.9 Å². The van der Waals surface area contributed by atoms with E-state index < -0.39 is 0 Å². The number of H-pyrrole nitrogens is 1. The van der Waals surface area contributed by atoms with Crippen molar-refractivity contribution in [2.45, 2.75) is 25.8 Å². The van der Waals surface area contributed by atoms with Crippen LogP contribution < -0.4 is 16.0 Å². The van der Waals surface area contributed by atoms with E-state index in [0.29, 0.717) is 28.3 Å². The van der Waals surface area contributed by atoms with Crippen LogP contribution in [0.5, 0.6) is 0 Å². The molecular formula is C24H24FN5O. The maximum atomic E-state index is 14.1. The minimum Gasteiger partial charge on any atom is -0.367 e. The molecule has 158 valence electrons. The van der Waals surface area contributed by atoms with Crippen molar-refractivity contribution in [3.63, 3.8) is 0 Å². The van der Waals surface area contributed by atoms with Crippen LogP contribution in [0.15, 0.2) is 48.5 Å². The predicted octanol–water partition coefficient (Wildman–Crippen LogP) is 4.58. The van der Waals surface area contributed by atoms with Crippen molar-refractivity contribution in [1.82, 2.24) is 15.3 Å². The van der Waals surface area contributed by atoms with Gasteiger partial charge < -0.3 is 20.9 Å². The second-order valence-corrected chi connectivity index (χ2v) is 8.06. The molecule has 0 spiro atoms. The van der Waals surface area contributed by atoms with Crippen LogP contribution in [0.4, 0.5) is 15.9 Å². The Kier molecular flexibility index (Phi) is 5.03. The number of amides is 1. The number of nitrogens with one attached hydrogen (secondary N) is 4. The fourth-order valence-electron chi connectivity index (χ4n) is 4.11. The van der Waals surface area contributed by atoms with Gasteiger partial charge in [-0.2, -0.15) is 0 Å². The smallest absolute Gasteiger partial charge is 0.272 e. The molecule has 1 saturated heterocycles. The first-order valence-electron chi connectivity index (χ1n) is 10.5. The van der Waals surface area contributed by atoms with Crippen molar-refractivity contribution in [1.29, 1.82) is 0 Å². The molecule has 6 nitrogen and oxygen atoms in total. The molecule has 1 amide bonds. The largest absolute Gasteiger partial charge is 0.367 e. The fourth-order valence-corrected chi connectivity index (χ4v) is 4.11. The van der Waals surface area contributed by atoms with Gasteiger partial charge in [0.25, 0.3) is 5.91 Å². The van der Waals surface area contributed by atoms with Gasteiger partial charge in [0.1, 0.15) is 17.3 Å². The average Bonchev–Trinajstić information content (AvgIpc) is 3.24. The zero-order valence-electron chi connectivity index (χ0n) is 17.3. The summed E-state index contributed by atoms with van der Waals surface area (Å²) >= 11 is 0. The summed E-state index contributed by atoms with van der Waals surface area (Å²) in [7, 11) is 0. The molecule has 4 aromatic rings. The summed E-state index contributed by atoms with van der Waals surface area (Å²) in [6, 6.07) is 14.7. The number of carbonyl (C=O) groups excluding carboxylic acids is 1. The molecule has 1 fully saturated rings. The summed E-state index contributed by atoms with van der Waals surface area (Å²) in [6.07, 6.45) is 2.17. The fraction of sp³-hybridized carbons (Fsp3) is 0.250. The lowest BCUT2D eigenvalue weighted by Gasteiger charge is -2.24. The maximum Gasteiger partial charge on any atom is 0.272 e. The van der Waals surface area contributed by atoms with Crippen molar-refractivity contribution < 1.29 is 9.18 Å². The van der Waals surface area contributed by atoms with E-state index >= 15 is 0 Å². The highest BCUT2D eigenvalue weighted by atomic mass is 19.1. The molecule has 0 bridgehead atoms. The predicted molar refractivity (Wildman–Crippen MR) is 122 cm³/mol. The van der Waals surface area contributed by atoms with Crippen LogP contribution >= 0.6 is 0 Å². The van der Waals surface area contributed by atoms with E-state index in [0.717, 1.165) is 48.2 Å². The maximum absolute atomic E-state index is 14.1. The Morgan fingerprint density at radius 2 is 1.94 bits per heavy atom. The number of nitrogens with zero attached hydrogens (tertiary/aromatic N) is 1. The SMILES string of the molecule is Cc1ccc(F)c2cc(C(=O)Nc3ccc4nc(NC5CCNCC5)ccc4c3)[nH]c12. The molecule has 2 aromatic carbocycles. The first-order chi connectivity index (χ1) is 15.1. The number of hydrogen-bond donors (Lipinski definition) is 4. The van der Waals surface area contributed by atoms with Gasteiger partial charge in [0, 0.05) is 22.5 Å². The second-order valence-electron chi connectivity index (χ2n) is 8.06. The van der Waals surface area contributed by atoms with Crippen LogP contribution in [0, 0.1) is 12.7 Å². The van der Waals surface area contributed by atoms with Crippen molar-refractivity contribution in [2.24, 2.45) is 0 Å². The van der Waals surface area contributed by atoms with Gasteiger partial charge in [-0.05, 0) is 80.9 Å². The van der Waals surface area contributed by atoms with Crippen molar-refractivity contribution >= 4 is 39.2 Å². The van der Waals surface area contributed by atoms with Crippen LogP contribution in [0.25, 0.3) is 21.8 Å². The molecule has 4 N–H and O–H groups in total. The van der Waals surface area contributed by atoms with Crippen molar-refractivity contribution in [3.05, 3.63) is 65.6 Å². The summed E-state index contributed by atoms with van der Waals surface area (Å²) in [5.74, 6) is 0.208. The molecule has 1 aliphatic heterocycles. The average molecular weight is 417 g/mol. The van der Waals surface area contributed by atoms with E-state index in [1.165, 1.54) is 6.07 Å². The van der Waals surface area contributed by atoms with Gasteiger partial charge in [-0.1, -0.05) is 6.07 Å². The van der Waals surface area contributed by atoms with Crippen LogP contribution in [0.2, 0.25) is 0 Å². The van der Waals surface area contributed by atoms with Gasteiger partial charge in [-0.15, -0.1) is 0 Å². The van der Waals surface area contributed by atoms with Gasteiger partial charge in [0.15, 0.2) is 0 Å². The molecular weight excluding hydrogens is 393 g/mol. The summed E-state index contributed by atoms with van der Waals surface area (Å²) in [4.78, 5) is 20.5. The van der Waals surface area contributed by atoms with Gasteiger partial charge >= 0.3 is 0 Å².